The lowest BCUT2D eigenvalue weighted by molar-refractivity contribution is 0.0201. The summed E-state index contributed by atoms with van der Waals surface area (Å²) in [6.45, 7) is 15.7. The number of aromatic amines is 1. The predicted octanol–water partition coefficient (Wildman–Crippen LogP) is 4.42. The second kappa shape index (κ2) is 8.45. The minimum Gasteiger partial charge on any atom is -0.444 e. The van der Waals surface area contributed by atoms with Gasteiger partial charge in [0.25, 0.3) is 6.04 Å². The maximum atomic E-state index is 12.5. The van der Waals surface area contributed by atoms with E-state index < -0.39 is 11.6 Å². The Morgan fingerprint density at radius 1 is 1.30 bits per heavy atom. The molecule has 8 nitrogen and oxygen atoms in total. The van der Waals surface area contributed by atoms with E-state index in [0.29, 0.717) is 19.0 Å². The van der Waals surface area contributed by atoms with Gasteiger partial charge < -0.3 is 19.2 Å². The summed E-state index contributed by atoms with van der Waals surface area (Å²) < 4.78 is 11.7. The highest BCUT2D eigenvalue weighted by molar-refractivity contribution is 5.98. The summed E-state index contributed by atoms with van der Waals surface area (Å²) in [7, 11) is 0. The van der Waals surface area contributed by atoms with Crippen LogP contribution in [-0.4, -0.2) is 64.3 Å². The minimum absolute atomic E-state index is 0.0142. The van der Waals surface area contributed by atoms with Crippen LogP contribution < -0.4 is 0 Å². The molecule has 4 unspecified atom stereocenters. The van der Waals surface area contributed by atoms with Gasteiger partial charge in [-0.15, -0.1) is 0 Å². The molecule has 1 aromatic rings. The molecule has 0 radical (unpaired) electrons. The Bertz CT molecular complexity index is 1050. The van der Waals surface area contributed by atoms with Crippen molar-refractivity contribution in [3.8, 4) is 0 Å². The number of carbonyl (C=O) groups is 1. The van der Waals surface area contributed by atoms with Crippen LogP contribution in [0.1, 0.15) is 51.5 Å². The number of carbonyl (C=O) groups excluding carboxylic acids is 1. The summed E-state index contributed by atoms with van der Waals surface area (Å²) >= 11 is 0. The Balaban J connectivity index is 1.39. The molecule has 1 N–H and O–H groups in total. The fourth-order valence-corrected chi connectivity index (χ4v) is 5.49. The molecule has 4 aliphatic rings. The van der Waals surface area contributed by atoms with Crippen LogP contribution in [0.4, 0.5) is 10.6 Å². The number of nitrogens with one attached hydrogen (secondary N) is 1. The van der Waals surface area contributed by atoms with Crippen molar-refractivity contribution in [3.05, 3.63) is 47.0 Å². The molecular weight excluding hydrogens is 418 g/mol. The van der Waals surface area contributed by atoms with E-state index in [1.807, 2.05) is 27.0 Å². The second-order valence-corrected chi connectivity index (χ2v) is 10.3. The van der Waals surface area contributed by atoms with Gasteiger partial charge in [0.15, 0.2) is 5.82 Å². The number of piperidine rings is 1. The fraction of sp³-hybridized carbons (Fsp3) is 0.600. The first-order chi connectivity index (χ1) is 15.9. The van der Waals surface area contributed by atoms with Gasteiger partial charge in [-0.1, -0.05) is 18.2 Å². The number of hydrogen-bond donors (Lipinski definition) is 1. The van der Waals surface area contributed by atoms with Crippen molar-refractivity contribution in [2.45, 2.75) is 63.7 Å². The van der Waals surface area contributed by atoms with Gasteiger partial charge in [-0.25, -0.2) is 16.4 Å². The minimum atomic E-state index is -0.511. The first-order valence-electron chi connectivity index (χ1n) is 11.8. The molecular formula is C25H31N5O3. The molecule has 2 saturated heterocycles. The van der Waals surface area contributed by atoms with E-state index in [2.05, 4.69) is 33.3 Å². The number of likely N-dealkylation sites (tertiary alicyclic amines) is 1. The number of nitrogens with zero attached hydrogens (tertiary/aromatic N) is 4. The zero-order valence-electron chi connectivity index (χ0n) is 19.5. The summed E-state index contributed by atoms with van der Waals surface area (Å²) in [5.74, 6) is 1.13. The van der Waals surface area contributed by atoms with Crippen LogP contribution in [0.15, 0.2) is 35.0 Å². The number of H-pyrrole nitrogens is 1. The third kappa shape index (κ3) is 4.10. The fourth-order valence-electron chi connectivity index (χ4n) is 5.49. The van der Waals surface area contributed by atoms with E-state index in [9.17, 15) is 4.79 Å². The lowest BCUT2D eigenvalue weighted by Crippen LogP contribution is -2.45. The summed E-state index contributed by atoms with van der Waals surface area (Å²) in [6.07, 6.45) is 10.5. The van der Waals surface area contributed by atoms with E-state index in [1.165, 1.54) is 0 Å². The Kier molecular flexibility index (Phi) is 5.61. The van der Waals surface area contributed by atoms with Crippen molar-refractivity contribution in [2.24, 2.45) is 16.8 Å². The van der Waals surface area contributed by atoms with Gasteiger partial charge in [-0.05, 0) is 45.6 Å². The molecule has 1 aromatic heterocycles. The van der Waals surface area contributed by atoms with Crippen LogP contribution in [0.5, 0.6) is 0 Å². The molecule has 0 bridgehead atoms. The molecule has 2 fully saturated rings. The molecule has 1 amide bonds. The Hall–Kier alpha value is -2.92. The number of allylic oxidation sites excluding steroid dienone is 2. The quantitative estimate of drug-likeness (QED) is 0.678. The van der Waals surface area contributed by atoms with Gasteiger partial charge in [0.05, 0.1) is 18.2 Å². The molecule has 4 atom stereocenters. The molecule has 174 valence electrons. The molecule has 8 heteroatoms. The highest BCUT2D eigenvalue weighted by atomic mass is 16.6. The van der Waals surface area contributed by atoms with Crippen molar-refractivity contribution in [3.63, 3.8) is 0 Å². The summed E-state index contributed by atoms with van der Waals surface area (Å²) in [5, 5.41) is 7.30. The first kappa shape index (κ1) is 21.9. The molecule has 3 aliphatic heterocycles. The number of fused-ring (bicyclic) bond motifs is 2. The van der Waals surface area contributed by atoms with Gasteiger partial charge in [-0.3, -0.25) is 5.10 Å². The van der Waals surface area contributed by atoms with E-state index in [4.69, 9.17) is 21.0 Å². The van der Waals surface area contributed by atoms with Crippen LogP contribution in [0, 0.1) is 18.4 Å². The highest BCUT2D eigenvalue weighted by Crippen LogP contribution is 2.46. The molecule has 5 rings (SSSR count). The molecule has 33 heavy (non-hydrogen) atoms. The third-order valence-corrected chi connectivity index (χ3v) is 7.02. The molecule has 1 aliphatic carbocycles. The van der Waals surface area contributed by atoms with E-state index in [-0.39, 0.29) is 24.0 Å². The van der Waals surface area contributed by atoms with Gasteiger partial charge in [-0.2, -0.15) is 5.10 Å². The molecule has 0 spiro atoms. The van der Waals surface area contributed by atoms with E-state index in [1.54, 1.807) is 4.90 Å². The largest absolute Gasteiger partial charge is 0.444 e. The molecule has 0 saturated carbocycles. The van der Waals surface area contributed by atoms with Crippen LogP contribution in [0.3, 0.4) is 0 Å². The summed E-state index contributed by atoms with van der Waals surface area (Å²) in [5.41, 5.74) is 2.52. The molecule has 0 aromatic carbocycles. The lowest BCUT2D eigenvalue weighted by atomic mass is 9.72. The van der Waals surface area contributed by atoms with Crippen LogP contribution >= 0.6 is 0 Å². The lowest BCUT2D eigenvalue weighted by Gasteiger charge is -2.36. The Labute approximate surface area is 194 Å². The SMILES string of the molecule is [C-]#[N+]C1C(C2CCN(C(=O)OC(C)(C)C)CC2)=Nc2[nH]ncc2C1C1=CC=CC2CCOC12. The number of aromatic nitrogens is 2. The van der Waals surface area contributed by atoms with Crippen molar-refractivity contribution < 1.29 is 14.3 Å². The average Bonchev–Trinajstić information content (AvgIpc) is 3.46. The Morgan fingerprint density at radius 2 is 2.09 bits per heavy atom. The van der Waals surface area contributed by atoms with E-state index in [0.717, 1.165) is 48.5 Å². The monoisotopic (exact) mass is 449 g/mol. The number of amides is 1. The van der Waals surface area contributed by atoms with Crippen molar-refractivity contribution in [2.75, 3.05) is 19.7 Å². The standard InChI is InChI=1S/C25H31N5O3/c1-25(2,3)33-24(31)30-11-8-15(9-12-30)20-21(26-4)19(18-14-27-29-23(18)28-20)17-7-5-6-16-10-13-32-22(16)17/h5-7,14-16,19,21-22H,8-13H2,1-3H3,(H,27,29). The van der Waals surface area contributed by atoms with Crippen LogP contribution in [0.2, 0.25) is 0 Å². The molecule has 4 heterocycles. The predicted molar refractivity (Wildman–Crippen MR) is 124 cm³/mol. The van der Waals surface area contributed by atoms with Crippen LogP contribution in [0.25, 0.3) is 4.85 Å². The normalized spacial score (nSPS) is 29.6. The zero-order valence-corrected chi connectivity index (χ0v) is 19.5. The highest BCUT2D eigenvalue weighted by Gasteiger charge is 2.48. The Morgan fingerprint density at radius 3 is 2.82 bits per heavy atom. The smallest absolute Gasteiger partial charge is 0.410 e. The van der Waals surface area contributed by atoms with Crippen molar-refractivity contribution in [1.29, 1.82) is 0 Å². The van der Waals surface area contributed by atoms with E-state index >= 15 is 0 Å². The first-order valence-corrected chi connectivity index (χ1v) is 11.8. The summed E-state index contributed by atoms with van der Waals surface area (Å²) in [4.78, 5) is 23.3. The third-order valence-electron chi connectivity index (χ3n) is 7.02. The van der Waals surface area contributed by atoms with Gasteiger partial charge in [0.1, 0.15) is 11.3 Å². The second-order valence-electron chi connectivity index (χ2n) is 10.3. The van der Waals surface area contributed by atoms with Crippen molar-refractivity contribution >= 4 is 17.6 Å². The summed E-state index contributed by atoms with van der Waals surface area (Å²) in [6, 6.07) is -0.393. The zero-order chi connectivity index (χ0) is 23.2. The number of hydrogen-bond acceptors (Lipinski definition) is 5. The number of rotatable bonds is 2. The van der Waals surface area contributed by atoms with Crippen LogP contribution in [-0.2, 0) is 9.47 Å². The average molecular weight is 450 g/mol. The van der Waals surface area contributed by atoms with Gasteiger partial charge in [0.2, 0.25) is 0 Å². The maximum Gasteiger partial charge on any atom is 0.410 e. The topological polar surface area (TPSA) is 84.2 Å². The number of ether oxygens (including phenoxy) is 2. The van der Waals surface area contributed by atoms with Crippen molar-refractivity contribution in [1.82, 2.24) is 15.1 Å². The van der Waals surface area contributed by atoms with Gasteiger partial charge in [0, 0.05) is 37.1 Å². The number of aliphatic imine (C=N–C) groups is 1. The maximum absolute atomic E-state index is 12.5. The van der Waals surface area contributed by atoms with Gasteiger partial charge >= 0.3 is 6.09 Å².